The van der Waals surface area contributed by atoms with Crippen LogP contribution in [-0.2, 0) is 4.79 Å². The SMILES string of the molecule is CC(=O)C(CC=C(C)C)c1ccc(C)cc1. The van der Waals surface area contributed by atoms with Gasteiger partial charge in [0.2, 0.25) is 0 Å². The molecule has 1 rings (SSSR count). The highest BCUT2D eigenvalue weighted by atomic mass is 16.1. The van der Waals surface area contributed by atoms with Crippen LogP contribution >= 0.6 is 0 Å². The van der Waals surface area contributed by atoms with E-state index in [2.05, 4.69) is 51.1 Å². The minimum atomic E-state index is 0.00972. The summed E-state index contributed by atoms with van der Waals surface area (Å²) in [4.78, 5) is 11.6. The third-order valence-corrected chi connectivity index (χ3v) is 2.73. The second-order valence-electron chi connectivity index (χ2n) is 4.59. The number of carbonyl (C=O) groups excluding carboxylic acids is 1. The number of hydrogen-bond donors (Lipinski definition) is 0. The van der Waals surface area contributed by atoms with Gasteiger partial charge in [0.15, 0.2) is 0 Å². The Bertz CT molecular complexity index is 380. The van der Waals surface area contributed by atoms with Gasteiger partial charge in [0.05, 0.1) is 0 Å². The van der Waals surface area contributed by atoms with Crippen molar-refractivity contribution in [2.75, 3.05) is 0 Å². The van der Waals surface area contributed by atoms with E-state index >= 15 is 0 Å². The average molecular weight is 216 g/mol. The minimum absolute atomic E-state index is 0.00972. The second kappa shape index (κ2) is 5.64. The van der Waals surface area contributed by atoms with Gasteiger partial charge in [-0.2, -0.15) is 0 Å². The molecule has 1 atom stereocenters. The first-order valence-corrected chi connectivity index (χ1v) is 5.71. The first-order valence-electron chi connectivity index (χ1n) is 5.71. The summed E-state index contributed by atoms with van der Waals surface area (Å²) in [6.07, 6.45) is 2.94. The summed E-state index contributed by atoms with van der Waals surface area (Å²) in [6, 6.07) is 8.24. The van der Waals surface area contributed by atoms with Gasteiger partial charge >= 0.3 is 0 Å². The summed E-state index contributed by atoms with van der Waals surface area (Å²) in [7, 11) is 0. The Morgan fingerprint density at radius 2 is 1.75 bits per heavy atom. The molecule has 0 aliphatic carbocycles. The van der Waals surface area contributed by atoms with Crippen LogP contribution in [0.4, 0.5) is 0 Å². The molecule has 1 unspecified atom stereocenters. The van der Waals surface area contributed by atoms with E-state index in [1.54, 1.807) is 6.92 Å². The monoisotopic (exact) mass is 216 g/mol. The maximum absolute atomic E-state index is 11.6. The highest BCUT2D eigenvalue weighted by Crippen LogP contribution is 2.22. The molecule has 1 heteroatoms. The Morgan fingerprint density at radius 3 is 2.19 bits per heavy atom. The largest absolute Gasteiger partial charge is 0.299 e. The molecular formula is C15H20O. The quantitative estimate of drug-likeness (QED) is 0.695. The number of aryl methyl sites for hydroxylation is 1. The lowest BCUT2D eigenvalue weighted by Gasteiger charge is -2.12. The number of Topliss-reactive ketones (excluding diaryl/α,β-unsaturated/α-hetero) is 1. The van der Waals surface area contributed by atoms with Gasteiger partial charge in [-0.3, -0.25) is 4.79 Å². The van der Waals surface area contributed by atoms with E-state index in [9.17, 15) is 4.79 Å². The van der Waals surface area contributed by atoms with Crippen LogP contribution in [0.15, 0.2) is 35.9 Å². The lowest BCUT2D eigenvalue weighted by molar-refractivity contribution is -0.118. The fourth-order valence-electron chi connectivity index (χ4n) is 1.69. The summed E-state index contributed by atoms with van der Waals surface area (Å²) in [5.41, 5.74) is 3.61. The highest BCUT2D eigenvalue weighted by Gasteiger charge is 2.14. The lowest BCUT2D eigenvalue weighted by Crippen LogP contribution is -2.08. The Morgan fingerprint density at radius 1 is 1.19 bits per heavy atom. The Labute approximate surface area is 98.2 Å². The van der Waals surface area contributed by atoms with Crippen LogP contribution < -0.4 is 0 Å². The number of carbonyl (C=O) groups is 1. The number of rotatable bonds is 4. The van der Waals surface area contributed by atoms with E-state index in [1.807, 2.05) is 0 Å². The molecule has 1 aromatic carbocycles. The van der Waals surface area contributed by atoms with Crippen molar-refractivity contribution in [2.24, 2.45) is 0 Å². The first-order chi connectivity index (χ1) is 7.50. The summed E-state index contributed by atoms with van der Waals surface area (Å²) in [5.74, 6) is 0.247. The Kier molecular flexibility index (Phi) is 4.48. The zero-order valence-corrected chi connectivity index (χ0v) is 10.6. The molecular weight excluding hydrogens is 196 g/mol. The van der Waals surface area contributed by atoms with Gasteiger partial charge < -0.3 is 0 Å². The molecule has 0 saturated heterocycles. The molecule has 0 radical (unpaired) electrons. The molecule has 0 N–H and O–H groups in total. The predicted octanol–water partition coefficient (Wildman–Crippen LogP) is 4.02. The minimum Gasteiger partial charge on any atom is -0.299 e. The van der Waals surface area contributed by atoms with Crippen LogP contribution in [0, 0.1) is 6.92 Å². The van der Waals surface area contributed by atoms with Gasteiger partial charge in [-0.25, -0.2) is 0 Å². The van der Waals surface area contributed by atoms with E-state index in [0.29, 0.717) is 0 Å². The van der Waals surface area contributed by atoms with Gasteiger partial charge in [-0.05, 0) is 39.7 Å². The molecule has 0 saturated carbocycles. The molecule has 0 spiro atoms. The van der Waals surface area contributed by atoms with E-state index in [-0.39, 0.29) is 11.7 Å². The van der Waals surface area contributed by atoms with Crippen molar-refractivity contribution in [1.29, 1.82) is 0 Å². The lowest BCUT2D eigenvalue weighted by atomic mass is 9.91. The van der Waals surface area contributed by atoms with Crippen LogP contribution in [0.5, 0.6) is 0 Å². The molecule has 0 aliphatic rings. The number of ketones is 1. The fourth-order valence-corrected chi connectivity index (χ4v) is 1.69. The zero-order valence-electron chi connectivity index (χ0n) is 10.6. The molecule has 86 valence electrons. The number of hydrogen-bond acceptors (Lipinski definition) is 1. The Hall–Kier alpha value is -1.37. The molecule has 0 aliphatic heterocycles. The standard InChI is InChI=1S/C15H20O/c1-11(2)5-10-15(13(4)16)14-8-6-12(3)7-9-14/h5-9,15H,10H2,1-4H3. The summed E-state index contributed by atoms with van der Waals surface area (Å²) < 4.78 is 0. The van der Waals surface area contributed by atoms with E-state index in [0.717, 1.165) is 12.0 Å². The van der Waals surface area contributed by atoms with Gasteiger partial charge in [-0.15, -0.1) is 0 Å². The van der Waals surface area contributed by atoms with Crippen LogP contribution in [0.25, 0.3) is 0 Å². The van der Waals surface area contributed by atoms with Crippen molar-refractivity contribution >= 4 is 5.78 Å². The maximum Gasteiger partial charge on any atom is 0.137 e. The van der Waals surface area contributed by atoms with Gasteiger partial charge in [0.25, 0.3) is 0 Å². The van der Waals surface area contributed by atoms with Crippen molar-refractivity contribution in [3.63, 3.8) is 0 Å². The van der Waals surface area contributed by atoms with E-state index < -0.39 is 0 Å². The zero-order chi connectivity index (χ0) is 12.1. The van der Waals surface area contributed by atoms with Crippen LogP contribution in [0.1, 0.15) is 44.2 Å². The van der Waals surface area contributed by atoms with Gasteiger partial charge in [-0.1, -0.05) is 41.5 Å². The number of benzene rings is 1. The second-order valence-corrected chi connectivity index (χ2v) is 4.59. The van der Waals surface area contributed by atoms with Gasteiger partial charge in [0.1, 0.15) is 5.78 Å². The predicted molar refractivity (Wildman–Crippen MR) is 68.6 cm³/mol. The normalized spacial score (nSPS) is 12.0. The molecule has 16 heavy (non-hydrogen) atoms. The molecule has 0 bridgehead atoms. The van der Waals surface area contributed by atoms with Crippen LogP contribution in [0.3, 0.4) is 0 Å². The molecule has 0 aromatic heterocycles. The third-order valence-electron chi connectivity index (χ3n) is 2.73. The topological polar surface area (TPSA) is 17.1 Å². The Balaban J connectivity index is 2.90. The molecule has 0 heterocycles. The molecule has 0 amide bonds. The van der Waals surface area contributed by atoms with Crippen molar-refractivity contribution in [2.45, 2.75) is 40.0 Å². The molecule has 1 aromatic rings. The molecule has 0 fully saturated rings. The fraction of sp³-hybridized carbons (Fsp3) is 0.400. The van der Waals surface area contributed by atoms with Gasteiger partial charge in [0, 0.05) is 5.92 Å². The highest BCUT2D eigenvalue weighted by molar-refractivity contribution is 5.83. The average Bonchev–Trinajstić information content (AvgIpc) is 2.20. The summed E-state index contributed by atoms with van der Waals surface area (Å²) >= 11 is 0. The third kappa shape index (κ3) is 3.65. The maximum atomic E-state index is 11.6. The summed E-state index contributed by atoms with van der Waals surface area (Å²) in [6.45, 7) is 7.85. The van der Waals surface area contributed by atoms with Crippen molar-refractivity contribution in [1.82, 2.24) is 0 Å². The first kappa shape index (κ1) is 12.7. The van der Waals surface area contributed by atoms with E-state index in [4.69, 9.17) is 0 Å². The van der Waals surface area contributed by atoms with Crippen molar-refractivity contribution in [3.05, 3.63) is 47.0 Å². The number of allylic oxidation sites excluding steroid dienone is 2. The van der Waals surface area contributed by atoms with Crippen molar-refractivity contribution < 1.29 is 4.79 Å². The van der Waals surface area contributed by atoms with E-state index in [1.165, 1.54) is 11.1 Å². The van der Waals surface area contributed by atoms with Crippen LogP contribution in [0.2, 0.25) is 0 Å². The molecule has 1 nitrogen and oxygen atoms in total. The summed E-state index contributed by atoms with van der Waals surface area (Å²) in [5, 5.41) is 0. The van der Waals surface area contributed by atoms with Crippen molar-refractivity contribution in [3.8, 4) is 0 Å². The smallest absolute Gasteiger partial charge is 0.137 e. The van der Waals surface area contributed by atoms with Crippen LogP contribution in [-0.4, -0.2) is 5.78 Å².